The van der Waals surface area contributed by atoms with E-state index in [1.165, 1.54) is 103 Å². The van der Waals surface area contributed by atoms with Crippen molar-refractivity contribution >= 4 is 5.91 Å². The van der Waals surface area contributed by atoms with Crippen LogP contribution in [0, 0.1) is 0 Å². The summed E-state index contributed by atoms with van der Waals surface area (Å²) in [4.78, 5) is 12.7. The highest BCUT2D eigenvalue weighted by Gasteiger charge is 2.44. The average Bonchev–Trinajstić information content (AvgIpc) is 3.05. The molecule has 272 valence electrons. The molecule has 0 aliphatic carbocycles. The molecule has 6 N–H and O–H groups in total. The minimum atomic E-state index is -1.56. The fourth-order valence-electron chi connectivity index (χ4n) is 5.98. The number of rotatable bonds is 30. The number of hydrogen-bond acceptors (Lipinski definition) is 8. The zero-order valence-corrected chi connectivity index (χ0v) is 29.3. The Morgan fingerprint density at radius 2 is 1.20 bits per heavy atom. The zero-order valence-electron chi connectivity index (χ0n) is 29.3. The SMILES string of the molecule is CCCCCCCCCCCCCCCC/C=C/[C@@H](O)[C@H](CO[C@@H]1O[C@H](CO)[C@@H](O)C(O)C1O)NC(=O)CCCCCCCCC. The van der Waals surface area contributed by atoms with Gasteiger partial charge in [0.15, 0.2) is 6.29 Å². The molecule has 0 aromatic heterocycles. The fourth-order valence-corrected chi connectivity index (χ4v) is 5.98. The van der Waals surface area contributed by atoms with Crippen LogP contribution in [-0.4, -0.2) is 87.5 Å². The summed E-state index contributed by atoms with van der Waals surface area (Å²) in [6.07, 6.45) is 22.7. The largest absolute Gasteiger partial charge is 0.394 e. The summed E-state index contributed by atoms with van der Waals surface area (Å²) in [7, 11) is 0. The van der Waals surface area contributed by atoms with Gasteiger partial charge in [-0.2, -0.15) is 0 Å². The molecule has 2 unspecified atom stereocenters. The maximum atomic E-state index is 12.7. The minimum Gasteiger partial charge on any atom is -0.394 e. The number of ether oxygens (including phenoxy) is 2. The molecule has 0 radical (unpaired) electrons. The van der Waals surface area contributed by atoms with E-state index in [-0.39, 0.29) is 12.5 Å². The van der Waals surface area contributed by atoms with Crippen LogP contribution in [0.1, 0.15) is 162 Å². The van der Waals surface area contributed by atoms with E-state index >= 15 is 0 Å². The zero-order chi connectivity index (χ0) is 33.8. The highest BCUT2D eigenvalue weighted by Crippen LogP contribution is 2.22. The van der Waals surface area contributed by atoms with Gasteiger partial charge in [0.1, 0.15) is 24.4 Å². The molecule has 1 rings (SSSR count). The summed E-state index contributed by atoms with van der Waals surface area (Å²) < 4.78 is 11.1. The molecule has 7 atom stereocenters. The maximum absolute atomic E-state index is 12.7. The third-order valence-corrected chi connectivity index (χ3v) is 9.11. The second kappa shape index (κ2) is 28.9. The summed E-state index contributed by atoms with van der Waals surface area (Å²) in [6.45, 7) is 3.70. The van der Waals surface area contributed by atoms with Crippen molar-refractivity contribution in [2.45, 2.75) is 204 Å². The average molecular weight is 658 g/mol. The predicted octanol–water partition coefficient (Wildman–Crippen LogP) is 6.22. The number of aliphatic hydroxyl groups excluding tert-OH is 5. The first-order valence-electron chi connectivity index (χ1n) is 18.9. The van der Waals surface area contributed by atoms with Gasteiger partial charge in [-0.05, 0) is 19.3 Å². The first kappa shape index (κ1) is 43.0. The third-order valence-electron chi connectivity index (χ3n) is 9.11. The van der Waals surface area contributed by atoms with Gasteiger partial charge in [-0.3, -0.25) is 4.79 Å². The lowest BCUT2D eigenvalue weighted by atomic mass is 9.99. The summed E-state index contributed by atoms with van der Waals surface area (Å²) in [5.41, 5.74) is 0. The van der Waals surface area contributed by atoms with Gasteiger partial charge < -0.3 is 40.3 Å². The summed E-state index contributed by atoms with van der Waals surface area (Å²) in [5.74, 6) is -0.185. The van der Waals surface area contributed by atoms with Crippen LogP contribution in [0.3, 0.4) is 0 Å². The van der Waals surface area contributed by atoms with E-state index in [4.69, 9.17) is 9.47 Å². The first-order valence-corrected chi connectivity index (χ1v) is 18.9. The van der Waals surface area contributed by atoms with Crippen molar-refractivity contribution in [1.29, 1.82) is 0 Å². The molecule has 0 aromatic carbocycles. The fraction of sp³-hybridized carbons (Fsp3) is 0.919. The summed E-state index contributed by atoms with van der Waals surface area (Å²) in [6, 6.07) is -0.794. The number of hydrogen-bond donors (Lipinski definition) is 6. The number of allylic oxidation sites excluding steroid dienone is 1. The van der Waals surface area contributed by atoms with Crippen LogP contribution in [0.15, 0.2) is 12.2 Å². The highest BCUT2D eigenvalue weighted by molar-refractivity contribution is 5.76. The van der Waals surface area contributed by atoms with Crippen molar-refractivity contribution < 1.29 is 39.8 Å². The van der Waals surface area contributed by atoms with Crippen LogP contribution in [-0.2, 0) is 14.3 Å². The molecule has 1 aliphatic rings. The molecule has 0 saturated carbocycles. The Morgan fingerprint density at radius 3 is 1.70 bits per heavy atom. The molecular weight excluding hydrogens is 586 g/mol. The Hall–Kier alpha value is -1.07. The Balaban J connectivity index is 2.42. The van der Waals surface area contributed by atoms with E-state index in [0.717, 1.165) is 38.5 Å². The molecule has 1 aliphatic heterocycles. The van der Waals surface area contributed by atoms with Crippen molar-refractivity contribution in [3.63, 3.8) is 0 Å². The Kier molecular flexibility index (Phi) is 27.0. The van der Waals surface area contributed by atoms with E-state index < -0.39 is 49.5 Å². The van der Waals surface area contributed by atoms with Gasteiger partial charge in [0.05, 0.1) is 25.4 Å². The van der Waals surface area contributed by atoms with Gasteiger partial charge >= 0.3 is 0 Å². The summed E-state index contributed by atoms with van der Waals surface area (Å²) >= 11 is 0. The van der Waals surface area contributed by atoms with Crippen LogP contribution >= 0.6 is 0 Å². The van der Waals surface area contributed by atoms with Gasteiger partial charge in [-0.1, -0.05) is 148 Å². The molecule has 1 amide bonds. The molecule has 9 nitrogen and oxygen atoms in total. The van der Waals surface area contributed by atoms with Crippen LogP contribution in [0.4, 0.5) is 0 Å². The Bertz CT molecular complexity index is 736. The van der Waals surface area contributed by atoms with Crippen LogP contribution < -0.4 is 5.32 Å². The molecular formula is C37H71NO8. The normalized spacial score (nSPS) is 23.2. The van der Waals surface area contributed by atoms with E-state index in [0.29, 0.717) is 6.42 Å². The second-order valence-corrected chi connectivity index (χ2v) is 13.4. The quantitative estimate of drug-likeness (QED) is 0.0394. The lowest BCUT2D eigenvalue weighted by Gasteiger charge is -2.40. The number of carbonyl (C=O) groups excluding carboxylic acids is 1. The van der Waals surface area contributed by atoms with E-state index in [1.54, 1.807) is 6.08 Å². The number of nitrogens with one attached hydrogen (secondary N) is 1. The van der Waals surface area contributed by atoms with Crippen LogP contribution in [0.5, 0.6) is 0 Å². The van der Waals surface area contributed by atoms with Crippen LogP contribution in [0.2, 0.25) is 0 Å². The first-order chi connectivity index (χ1) is 22.3. The summed E-state index contributed by atoms with van der Waals surface area (Å²) in [5, 5.41) is 53.7. The van der Waals surface area contributed by atoms with Crippen LogP contribution in [0.25, 0.3) is 0 Å². The topological polar surface area (TPSA) is 149 Å². The Morgan fingerprint density at radius 1 is 0.717 bits per heavy atom. The van der Waals surface area contributed by atoms with Crippen molar-refractivity contribution in [3.8, 4) is 0 Å². The molecule has 0 spiro atoms. The molecule has 0 bridgehead atoms. The Labute approximate surface area is 280 Å². The molecule has 1 saturated heterocycles. The molecule has 1 fully saturated rings. The monoisotopic (exact) mass is 658 g/mol. The van der Waals surface area contributed by atoms with Crippen molar-refractivity contribution in [2.75, 3.05) is 13.2 Å². The number of unbranched alkanes of at least 4 members (excludes halogenated alkanes) is 20. The van der Waals surface area contributed by atoms with E-state index in [1.807, 2.05) is 6.08 Å². The molecule has 46 heavy (non-hydrogen) atoms. The van der Waals surface area contributed by atoms with Gasteiger partial charge in [-0.15, -0.1) is 0 Å². The highest BCUT2D eigenvalue weighted by atomic mass is 16.7. The molecule has 1 heterocycles. The second-order valence-electron chi connectivity index (χ2n) is 13.4. The van der Waals surface area contributed by atoms with Crippen molar-refractivity contribution in [2.24, 2.45) is 0 Å². The maximum Gasteiger partial charge on any atom is 0.220 e. The predicted molar refractivity (Wildman–Crippen MR) is 184 cm³/mol. The van der Waals surface area contributed by atoms with Crippen molar-refractivity contribution in [1.82, 2.24) is 5.32 Å². The molecule has 0 aromatic rings. The smallest absolute Gasteiger partial charge is 0.220 e. The number of aliphatic hydroxyl groups is 5. The lowest BCUT2D eigenvalue weighted by molar-refractivity contribution is -0.302. The number of amides is 1. The standard InChI is InChI=1S/C37H71NO8/c1-3-5-7-9-11-12-13-14-15-16-17-18-19-21-22-24-26-31(40)30(38-33(41)27-25-23-20-10-8-6-4-2)29-45-37-36(44)35(43)34(42)32(28-39)46-37/h24,26,30-32,34-37,39-40,42-44H,3-23,25,27-29H2,1-2H3,(H,38,41)/b26-24+/t30-,31+,32+,34+,35?,36?,37+/m0/s1. The lowest BCUT2D eigenvalue weighted by Crippen LogP contribution is -2.60. The van der Waals surface area contributed by atoms with Gasteiger partial charge in [0, 0.05) is 6.42 Å². The van der Waals surface area contributed by atoms with Gasteiger partial charge in [0.25, 0.3) is 0 Å². The van der Waals surface area contributed by atoms with Crippen molar-refractivity contribution in [3.05, 3.63) is 12.2 Å². The minimum absolute atomic E-state index is 0.185. The molecule has 9 heteroatoms. The van der Waals surface area contributed by atoms with E-state index in [9.17, 15) is 30.3 Å². The van der Waals surface area contributed by atoms with E-state index in [2.05, 4.69) is 19.2 Å². The number of carbonyl (C=O) groups is 1. The van der Waals surface area contributed by atoms with Gasteiger partial charge in [-0.25, -0.2) is 0 Å². The third kappa shape index (κ3) is 20.3. The van der Waals surface area contributed by atoms with Gasteiger partial charge in [0.2, 0.25) is 5.91 Å².